The standard InChI is InChI=1S/C15H29N5/c1-13(2)16-11-14-12-20(18-17-14)10-9-19-7-5-15(3,4)6-8-19/h12-13,16H,5-11H2,1-4H3. The Morgan fingerprint density at radius 1 is 1.25 bits per heavy atom. The Morgan fingerprint density at radius 2 is 1.95 bits per heavy atom. The smallest absolute Gasteiger partial charge is 0.0964 e. The maximum absolute atomic E-state index is 4.21. The Morgan fingerprint density at radius 3 is 2.60 bits per heavy atom. The second-order valence-electron chi connectivity index (χ2n) is 7.01. The lowest BCUT2D eigenvalue weighted by molar-refractivity contribution is 0.128. The van der Waals surface area contributed by atoms with Crippen LogP contribution in [0.3, 0.4) is 0 Å². The molecule has 20 heavy (non-hydrogen) atoms. The molecule has 2 heterocycles. The first-order chi connectivity index (χ1) is 9.44. The molecule has 114 valence electrons. The van der Waals surface area contributed by atoms with Gasteiger partial charge in [-0.1, -0.05) is 32.9 Å². The van der Waals surface area contributed by atoms with Crippen molar-refractivity contribution in [3.8, 4) is 0 Å². The van der Waals surface area contributed by atoms with Crippen LogP contribution in [0, 0.1) is 5.41 Å². The molecular formula is C15H29N5. The number of hydrogen-bond donors (Lipinski definition) is 1. The van der Waals surface area contributed by atoms with E-state index < -0.39 is 0 Å². The van der Waals surface area contributed by atoms with Gasteiger partial charge in [0.15, 0.2) is 0 Å². The predicted octanol–water partition coefficient (Wildman–Crippen LogP) is 1.90. The normalized spacial score (nSPS) is 19.6. The van der Waals surface area contributed by atoms with Crippen LogP contribution in [-0.4, -0.2) is 45.6 Å². The molecule has 0 amide bonds. The van der Waals surface area contributed by atoms with E-state index in [1.807, 2.05) is 4.68 Å². The van der Waals surface area contributed by atoms with E-state index in [9.17, 15) is 0 Å². The molecule has 0 bridgehead atoms. The molecule has 1 aliphatic heterocycles. The molecule has 1 aliphatic rings. The number of likely N-dealkylation sites (tertiary alicyclic amines) is 1. The topological polar surface area (TPSA) is 46.0 Å². The molecule has 0 aromatic carbocycles. The second kappa shape index (κ2) is 6.68. The Hall–Kier alpha value is -0.940. The molecule has 1 aromatic rings. The molecule has 5 nitrogen and oxygen atoms in total. The number of hydrogen-bond acceptors (Lipinski definition) is 4. The second-order valence-corrected chi connectivity index (χ2v) is 7.01. The summed E-state index contributed by atoms with van der Waals surface area (Å²) in [6.45, 7) is 14.3. The van der Waals surface area contributed by atoms with Crippen LogP contribution in [0.15, 0.2) is 6.20 Å². The van der Waals surface area contributed by atoms with Gasteiger partial charge in [0.1, 0.15) is 0 Å². The van der Waals surface area contributed by atoms with Crippen molar-refractivity contribution in [2.75, 3.05) is 19.6 Å². The first kappa shape index (κ1) is 15.4. The van der Waals surface area contributed by atoms with Crippen molar-refractivity contribution in [1.82, 2.24) is 25.2 Å². The maximum atomic E-state index is 4.21. The summed E-state index contributed by atoms with van der Waals surface area (Å²) >= 11 is 0. The molecule has 0 radical (unpaired) electrons. The highest BCUT2D eigenvalue weighted by Crippen LogP contribution is 2.29. The third-order valence-electron chi connectivity index (χ3n) is 4.13. The van der Waals surface area contributed by atoms with Crippen molar-refractivity contribution in [2.45, 2.75) is 59.7 Å². The molecule has 2 rings (SSSR count). The molecule has 1 aromatic heterocycles. The summed E-state index contributed by atoms with van der Waals surface area (Å²) in [5.41, 5.74) is 1.55. The van der Waals surface area contributed by atoms with Gasteiger partial charge in [-0.2, -0.15) is 0 Å². The molecular weight excluding hydrogens is 250 g/mol. The van der Waals surface area contributed by atoms with Gasteiger partial charge in [0.25, 0.3) is 0 Å². The first-order valence-electron chi connectivity index (χ1n) is 7.79. The van der Waals surface area contributed by atoms with E-state index in [1.165, 1.54) is 25.9 Å². The zero-order chi connectivity index (χ0) is 14.6. The van der Waals surface area contributed by atoms with Crippen LogP contribution in [0.1, 0.15) is 46.2 Å². The minimum Gasteiger partial charge on any atom is -0.309 e. The Bertz CT molecular complexity index is 400. The van der Waals surface area contributed by atoms with Gasteiger partial charge in [0.05, 0.1) is 12.2 Å². The molecule has 0 spiro atoms. The average molecular weight is 279 g/mol. The van der Waals surface area contributed by atoms with Crippen molar-refractivity contribution in [2.24, 2.45) is 5.41 Å². The molecule has 0 unspecified atom stereocenters. The van der Waals surface area contributed by atoms with Crippen LogP contribution in [0.25, 0.3) is 0 Å². The minimum atomic E-state index is 0.483. The average Bonchev–Trinajstić information content (AvgIpc) is 2.83. The van der Waals surface area contributed by atoms with Gasteiger partial charge in [-0.05, 0) is 31.3 Å². The fraction of sp³-hybridized carbons (Fsp3) is 0.867. The summed E-state index contributed by atoms with van der Waals surface area (Å²) in [6.07, 6.45) is 4.66. The Kier molecular flexibility index (Phi) is 5.16. The van der Waals surface area contributed by atoms with E-state index in [0.29, 0.717) is 11.5 Å². The number of piperidine rings is 1. The SMILES string of the molecule is CC(C)NCc1cn(CCN2CCC(C)(C)CC2)nn1. The summed E-state index contributed by atoms with van der Waals surface area (Å²) in [4.78, 5) is 2.54. The van der Waals surface area contributed by atoms with Gasteiger partial charge < -0.3 is 10.2 Å². The van der Waals surface area contributed by atoms with E-state index in [1.54, 1.807) is 0 Å². The number of nitrogens with one attached hydrogen (secondary N) is 1. The van der Waals surface area contributed by atoms with Crippen LogP contribution in [0.5, 0.6) is 0 Å². The summed E-state index contributed by atoms with van der Waals surface area (Å²) in [7, 11) is 0. The fourth-order valence-electron chi connectivity index (χ4n) is 2.46. The van der Waals surface area contributed by atoms with Gasteiger partial charge in [0, 0.05) is 25.3 Å². The Labute approximate surface area is 122 Å². The monoisotopic (exact) mass is 279 g/mol. The van der Waals surface area contributed by atoms with Crippen molar-refractivity contribution < 1.29 is 0 Å². The zero-order valence-electron chi connectivity index (χ0n) is 13.4. The lowest BCUT2D eigenvalue weighted by atomic mass is 9.83. The van der Waals surface area contributed by atoms with Gasteiger partial charge in [-0.15, -0.1) is 5.10 Å². The van der Waals surface area contributed by atoms with E-state index in [4.69, 9.17) is 0 Å². The van der Waals surface area contributed by atoms with E-state index in [2.05, 4.69) is 54.4 Å². The van der Waals surface area contributed by atoms with Gasteiger partial charge in [-0.3, -0.25) is 4.68 Å². The maximum Gasteiger partial charge on any atom is 0.0964 e. The molecule has 0 aliphatic carbocycles. The highest BCUT2D eigenvalue weighted by Gasteiger charge is 2.24. The van der Waals surface area contributed by atoms with Crippen LogP contribution >= 0.6 is 0 Å². The lowest BCUT2D eigenvalue weighted by Gasteiger charge is -2.36. The molecule has 0 atom stereocenters. The van der Waals surface area contributed by atoms with Crippen LogP contribution in [0.2, 0.25) is 0 Å². The summed E-state index contributed by atoms with van der Waals surface area (Å²) < 4.78 is 1.97. The van der Waals surface area contributed by atoms with E-state index >= 15 is 0 Å². The third kappa shape index (κ3) is 4.87. The summed E-state index contributed by atoms with van der Waals surface area (Å²) in [6, 6.07) is 0.483. The van der Waals surface area contributed by atoms with Gasteiger partial charge >= 0.3 is 0 Å². The van der Waals surface area contributed by atoms with Gasteiger partial charge in [-0.25, -0.2) is 0 Å². The largest absolute Gasteiger partial charge is 0.309 e. The third-order valence-corrected chi connectivity index (χ3v) is 4.13. The zero-order valence-corrected chi connectivity index (χ0v) is 13.4. The number of nitrogens with zero attached hydrogens (tertiary/aromatic N) is 4. The van der Waals surface area contributed by atoms with Crippen molar-refractivity contribution in [3.63, 3.8) is 0 Å². The first-order valence-corrected chi connectivity index (χ1v) is 7.79. The van der Waals surface area contributed by atoms with Crippen LogP contribution in [-0.2, 0) is 13.1 Å². The molecule has 5 heteroatoms. The van der Waals surface area contributed by atoms with Crippen molar-refractivity contribution >= 4 is 0 Å². The van der Waals surface area contributed by atoms with E-state index in [0.717, 1.165) is 25.3 Å². The quantitative estimate of drug-likeness (QED) is 0.864. The lowest BCUT2D eigenvalue weighted by Crippen LogP contribution is -2.38. The summed E-state index contributed by atoms with van der Waals surface area (Å²) in [5.74, 6) is 0. The van der Waals surface area contributed by atoms with Crippen LogP contribution in [0.4, 0.5) is 0 Å². The molecule has 1 fully saturated rings. The molecule has 1 N–H and O–H groups in total. The predicted molar refractivity (Wildman–Crippen MR) is 81.5 cm³/mol. The van der Waals surface area contributed by atoms with Crippen molar-refractivity contribution in [1.29, 1.82) is 0 Å². The number of rotatable bonds is 6. The van der Waals surface area contributed by atoms with Crippen molar-refractivity contribution in [3.05, 3.63) is 11.9 Å². The van der Waals surface area contributed by atoms with E-state index in [-0.39, 0.29) is 0 Å². The summed E-state index contributed by atoms with van der Waals surface area (Å²) in [5, 5.41) is 11.8. The molecule has 0 saturated carbocycles. The minimum absolute atomic E-state index is 0.483. The highest BCUT2D eigenvalue weighted by atomic mass is 15.4. The molecule has 1 saturated heterocycles. The highest BCUT2D eigenvalue weighted by molar-refractivity contribution is 4.92. The van der Waals surface area contributed by atoms with Crippen LogP contribution < -0.4 is 5.32 Å². The fourth-order valence-corrected chi connectivity index (χ4v) is 2.46. The Balaban J connectivity index is 1.72. The number of aromatic nitrogens is 3. The van der Waals surface area contributed by atoms with Gasteiger partial charge in [0.2, 0.25) is 0 Å².